The number of anilines is 1. The number of aromatic nitrogens is 1. The van der Waals surface area contributed by atoms with Crippen LogP contribution in [0.3, 0.4) is 0 Å². The van der Waals surface area contributed by atoms with E-state index in [0.29, 0.717) is 10.7 Å². The molecule has 1 saturated heterocycles. The molecule has 2 heterocycles. The van der Waals surface area contributed by atoms with Gasteiger partial charge in [0.25, 0.3) is 0 Å². The first-order valence-electron chi connectivity index (χ1n) is 6.75. The Bertz CT molecular complexity index is 397. The molecule has 0 spiro atoms. The van der Waals surface area contributed by atoms with Crippen LogP contribution in [0.15, 0.2) is 12.1 Å². The van der Waals surface area contributed by atoms with Crippen molar-refractivity contribution < 1.29 is 5.11 Å². The van der Waals surface area contributed by atoms with Gasteiger partial charge in [0.1, 0.15) is 5.82 Å². The summed E-state index contributed by atoms with van der Waals surface area (Å²) in [6.07, 6.45) is 5.03. The lowest BCUT2D eigenvalue weighted by atomic mass is 9.98. The van der Waals surface area contributed by atoms with Crippen LogP contribution < -0.4 is 4.90 Å². The maximum atomic E-state index is 9.21. The lowest BCUT2D eigenvalue weighted by molar-refractivity contribution is 0.277. The fraction of sp³-hybridized carbons (Fsp3) is 0.643. The number of rotatable bonds is 3. The van der Waals surface area contributed by atoms with Gasteiger partial charge in [0.2, 0.25) is 0 Å². The molecule has 0 aliphatic carbocycles. The van der Waals surface area contributed by atoms with Gasteiger partial charge in [0, 0.05) is 13.1 Å². The molecule has 0 radical (unpaired) electrons. The topological polar surface area (TPSA) is 36.4 Å². The second kappa shape index (κ2) is 6.39. The molecular formula is C14H21ClN2O. The van der Waals surface area contributed by atoms with Gasteiger partial charge in [0.15, 0.2) is 0 Å². The standard InChI is InChI=1S/C14H21ClN2O/c1-2-11-4-3-8-17(9-7-11)14-6-5-12(15)13(10-18)16-14/h5-6,11,18H,2-4,7-10H2,1H3. The molecule has 2 rings (SSSR count). The second-order valence-corrected chi connectivity index (χ2v) is 5.36. The van der Waals surface area contributed by atoms with Gasteiger partial charge in [-0.05, 0) is 37.3 Å². The molecule has 0 bridgehead atoms. The first kappa shape index (κ1) is 13.6. The number of aliphatic hydroxyl groups excluding tert-OH is 1. The van der Waals surface area contributed by atoms with E-state index in [1.807, 2.05) is 12.1 Å². The van der Waals surface area contributed by atoms with Crippen molar-refractivity contribution in [3.05, 3.63) is 22.8 Å². The monoisotopic (exact) mass is 268 g/mol. The Morgan fingerprint density at radius 1 is 1.39 bits per heavy atom. The molecule has 100 valence electrons. The van der Waals surface area contributed by atoms with Crippen LogP contribution in [-0.4, -0.2) is 23.2 Å². The normalized spacial score (nSPS) is 20.8. The molecule has 0 amide bonds. The summed E-state index contributed by atoms with van der Waals surface area (Å²) >= 11 is 5.97. The quantitative estimate of drug-likeness (QED) is 0.914. The minimum atomic E-state index is -0.0991. The van der Waals surface area contributed by atoms with Gasteiger partial charge in [-0.15, -0.1) is 0 Å². The predicted octanol–water partition coefficient (Wildman–Crippen LogP) is 3.24. The summed E-state index contributed by atoms with van der Waals surface area (Å²) in [6.45, 7) is 4.27. The summed E-state index contributed by atoms with van der Waals surface area (Å²) in [7, 11) is 0. The average molecular weight is 269 g/mol. The predicted molar refractivity (Wildman–Crippen MR) is 75.0 cm³/mol. The summed E-state index contributed by atoms with van der Waals surface area (Å²) in [4.78, 5) is 6.76. The number of halogens is 1. The molecule has 3 nitrogen and oxygen atoms in total. The van der Waals surface area contributed by atoms with Crippen molar-refractivity contribution in [3.63, 3.8) is 0 Å². The fourth-order valence-corrected chi connectivity index (χ4v) is 2.73. The fourth-order valence-electron chi connectivity index (χ4n) is 2.56. The van der Waals surface area contributed by atoms with E-state index in [4.69, 9.17) is 11.6 Å². The van der Waals surface area contributed by atoms with Crippen LogP contribution in [-0.2, 0) is 6.61 Å². The van der Waals surface area contributed by atoms with E-state index < -0.39 is 0 Å². The minimum absolute atomic E-state index is 0.0991. The molecule has 1 aromatic rings. The van der Waals surface area contributed by atoms with Crippen LogP contribution in [0.5, 0.6) is 0 Å². The van der Waals surface area contributed by atoms with Crippen molar-refractivity contribution in [2.45, 2.75) is 39.2 Å². The van der Waals surface area contributed by atoms with E-state index in [-0.39, 0.29) is 6.61 Å². The molecule has 1 fully saturated rings. The second-order valence-electron chi connectivity index (χ2n) is 4.95. The summed E-state index contributed by atoms with van der Waals surface area (Å²) in [5.74, 6) is 1.79. The number of nitrogens with zero attached hydrogens (tertiary/aromatic N) is 2. The lowest BCUT2D eigenvalue weighted by Crippen LogP contribution is -2.25. The Morgan fingerprint density at radius 3 is 2.94 bits per heavy atom. The van der Waals surface area contributed by atoms with Crippen molar-refractivity contribution >= 4 is 17.4 Å². The minimum Gasteiger partial charge on any atom is -0.390 e. The third-order valence-electron chi connectivity index (χ3n) is 3.80. The Balaban J connectivity index is 2.11. The van der Waals surface area contributed by atoms with Crippen LogP contribution in [0.1, 0.15) is 38.3 Å². The van der Waals surface area contributed by atoms with Gasteiger partial charge >= 0.3 is 0 Å². The largest absolute Gasteiger partial charge is 0.390 e. The van der Waals surface area contributed by atoms with Crippen molar-refractivity contribution in [1.82, 2.24) is 4.98 Å². The molecule has 1 aliphatic heterocycles. The molecule has 1 atom stereocenters. The van der Waals surface area contributed by atoms with Crippen LogP contribution in [0.2, 0.25) is 5.02 Å². The van der Waals surface area contributed by atoms with Crippen LogP contribution in [0, 0.1) is 5.92 Å². The number of hydrogen-bond donors (Lipinski definition) is 1. The smallest absolute Gasteiger partial charge is 0.129 e. The van der Waals surface area contributed by atoms with Gasteiger partial charge in [-0.1, -0.05) is 24.9 Å². The number of aliphatic hydroxyl groups is 1. The Labute approximate surface area is 114 Å². The van der Waals surface area contributed by atoms with E-state index in [2.05, 4.69) is 16.8 Å². The third-order valence-corrected chi connectivity index (χ3v) is 4.15. The molecule has 1 unspecified atom stereocenters. The average Bonchev–Trinajstić information content (AvgIpc) is 2.64. The van der Waals surface area contributed by atoms with E-state index in [1.165, 1.54) is 25.7 Å². The van der Waals surface area contributed by atoms with Crippen LogP contribution in [0.4, 0.5) is 5.82 Å². The molecule has 0 aromatic carbocycles. The lowest BCUT2D eigenvalue weighted by Gasteiger charge is -2.22. The van der Waals surface area contributed by atoms with Gasteiger partial charge in [-0.3, -0.25) is 0 Å². The zero-order valence-corrected chi connectivity index (χ0v) is 11.7. The Hall–Kier alpha value is -0.800. The highest BCUT2D eigenvalue weighted by Gasteiger charge is 2.17. The van der Waals surface area contributed by atoms with Gasteiger partial charge < -0.3 is 10.0 Å². The molecule has 18 heavy (non-hydrogen) atoms. The molecule has 4 heteroatoms. The van der Waals surface area contributed by atoms with E-state index in [0.717, 1.165) is 24.8 Å². The number of hydrogen-bond acceptors (Lipinski definition) is 3. The summed E-state index contributed by atoms with van der Waals surface area (Å²) in [6, 6.07) is 3.78. The highest BCUT2D eigenvalue weighted by Crippen LogP contribution is 2.25. The third kappa shape index (κ3) is 3.15. The first-order valence-corrected chi connectivity index (χ1v) is 7.13. The molecule has 1 N–H and O–H groups in total. The van der Waals surface area contributed by atoms with Crippen molar-refractivity contribution in [3.8, 4) is 0 Å². The van der Waals surface area contributed by atoms with Crippen molar-refractivity contribution in [2.75, 3.05) is 18.0 Å². The van der Waals surface area contributed by atoms with Crippen LogP contribution >= 0.6 is 11.6 Å². The maximum absolute atomic E-state index is 9.21. The Morgan fingerprint density at radius 2 is 2.22 bits per heavy atom. The zero-order valence-electron chi connectivity index (χ0n) is 10.9. The summed E-state index contributed by atoms with van der Waals surface area (Å²) in [5.41, 5.74) is 0.574. The molecular weight excluding hydrogens is 248 g/mol. The number of pyridine rings is 1. The van der Waals surface area contributed by atoms with Crippen molar-refractivity contribution in [2.24, 2.45) is 5.92 Å². The summed E-state index contributed by atoms with van der Waals surface area (Å²) in [5, 5.41) is 9.76. The van der Waals surface area contributed by atoms with E-state index >= 15 is 0 Å². The first-order chi connectivity index (χ1) is 8.74. The SMILES string of the molecule is CCC1CCCN(c2ccc(Cl)c(CO)n2)CC1. The van der Waals surface area contributed by atoms with E-state index in [1.54, 1.807) is 0 Å². The molecule has 1 aromatic heterocycles. The maximum Gasteiger partial charge on any atom is 0.129 e. The summed E-state index contributed by atoms with van der Waals surface area (Å²) < 4.78 is 0. The van der Waals surface area contributed by atoms with Gasteiger partial charge in [-0.2, -0.15) is 0 Å². The van der Waals surface area contributed by atoms with Gasteiger partial charge in [-0.25, -0.2) is 4.98 Å². The van der Waals surface area contributed by atoms with Gasteiger partial charge in [0.05, 0.1) is 17.3 Å². The molecule has 1 aliphatic rings. The van der Waals surface area contributed by atoms with Crippen LogP contribution in [0.25, 0.3) is 0 Å². The Kier molecular flexibility index (Phi) is 4.84. The van der Waals surface area contributed by atoms with Crippen molar-refractivity contribution in [1.29, 1.82) is 0 Å². The van der Waals surface area contributed by atoms with E-state index in [9.17, 15) is 5.11 Å². The molecule has 0 saturated carbocycles. The zero-order chi connectivity index (χ0) is 13.0. The highest BCUT2D eigenvalue weighted by atomic mass is 35.5. The highest BCUT2D eigenvalue weighted by molar-refractivity contribution is 6.31.